The Morgan fingerprint density at radius 3 is 2.35 bits per heavy atom. The van der Waals surface area contributed by atoms with Gasteiger partial charge in [0.25, 0.3) is 0 Å². The Labute approximate surface area is 283 Å². The molecule has 4 heteroatoms. The van der Waals surface area contributed by atoms with Crippen molar-refractivity contribution in [3.05, 3.63) is 76.5 Å². The molecule has 7 unspecified atom stereocenters. The molecule has 8 atom stereocenters. The lowest BCUT2D eigenvalue weighted by atomic mass is 9.33. The van der Waals surface area contributed by atoms with Crippen LogP contribution in [0.5, 0.6) is 0 Å². The highest BCUT2D eigenvalue weighted by atomic mass is 32.1. The van der Waals surface area contributed by atoms with Crippen molar-refractivity contribution in [2.24, 2.45) is 45.3 Å². The van der Waals surface area contributed by atoms with Crippen LogP contribution in [0.1, 0.15) is 127 Å². The molecule has 0 saturated heterocycles. The molecule has 0 radical (unpaired) electrons. The molecule has 1 aromatic carbocycles. The number of carbonyl (C=O) groups is 1. The molecule has 1 heterocycles. The molecule has 3 nitrogen and oxygen atoms in total. The van der Waals surface area contributed by atoms with Crippen LogP contribution in [0, 0.1) is 45.3 Å². The van der Waals surface area contributed by atoms with Crippen molar-refractivity contribution < 1.29 is 9.53 Å². The molecule has 1 aromatic heterocycles. The molecule has 4 fully saturated rings. The van der Waals surface area contributed by atoms with Crippen LogP contribution < -0.4 is 5.32 Å². The van der Waals surface area contributed by atoms with Gasteiger partial charge in [0.05, 0.1) is 12.7 Å². The minimum atomic E-state index is -0.262. The average Bonchev–Trinajstić information content (AvgIpc) is 3.71. The van der Waals surface area contributed by atoms with Gasteiger partial charge in [-0.1, -0.05) is 65.3 Å². The van der Waals surface area contributed by atoms with Gasteiger partial charge in [0.15, 0.2) is 0 Å². The number of esters is 1. The minimum Gasteiger partial charge on any atom is -0.465 e. The number of rotatable bonds is 5. The summed E-state index contributed by atoms with van der Waals surface area (Å²) < 4.78 is 4.95. The molecule has 5 aliphatic rings. The zero-order valence-corrected chi connectivity index (χ0v) is 30.5. The van der Waals surface area contributed by atoms with Crippen LogP contribution >= 0.6 is 11.3 Å². The van der Waals surface area contributed by atoms with Crippen molar-refractivity contribution in [1.29, 1.82) is 0 Å². The molecule has 0 bridgehead atoms. The van der Waals surface area contributed by atoms with Gasteiger partial charge in [-0.15, -0.1) is 6.58 Å². The first-order valence-corrected chi connectivity index (χ1v) is 19.1. The van der Waals surface area contributed by atoms with Crippen molar-refractivity contribution in [2.45, 2.75) is 118 Å². The Morgan fingerprint density at radius 1 is 0.935 bits per heavy atom. The van der Waals surface area contributed by atoms with E-state index >= 15 is 0 Å². The van der Waals surface area contributed by atoms with E-state index in [1.54, 1.807) is 6.08 Å². The van der Waals surface area contributed by atoms with Crippen molar-refractivity contribution in [3.63, 3.8) is 0 Å². The summed E-state index contributed by atoms with van der Waals surface area (Å²) in [5, 5.41) is 8.76. The number of hydrogen-bond acceptors (Lipinski definition) is 4. The molecular formula is C42H59NO2S. The smallest absolute Gasteiger partial charge is 0.337 e. The summed E-state index contributed by atoms with van der Waals surface area (Å²) >= 11 is 1.83. The summed E-state index contributed by atoms with van der Waals surface area (Å²) in [5.41, 5.74) is 6.42. The van der Waals surface area contributed by atoms with E-state index in [-0.39, 0.29) is 11.4 Å². The Kier molecular flexibility index (Phi) is 9.07. The molecule has 0 amide bonds. The number of thiophene rings is 1. The molecule has 2 aromatic rings. The van der Waals surface area contributed by atoms with Crippen LogP contribution in [-0.4, -0.2) is 18.6 Å². The summed E-state index contributed by atoms with van der Waals surface area (Å²) in [6, 6.07) is 10.5. The van der Waals surface area contributed by atoms with Crippen molar-refractivity contribution in [2.75, 3.05) is 7.11 Å². The van der Waals surface area contributed by atoms with Gasteiger partial charge in [-0.3, -0.25) is 0 Å². The van der Waals surface area contributed by atoms with E-state index in [4.69, 9.17) is 4.74 Å². The number of nitrogens with one attached hydrogen (secondary N) is 1. The maximum atomic E-state index is 12.1. The third-order valence-electron chi connectivity index (χ3n) is 14.8. The van der Waals surface area contributed by atoms with Gasteiger partial charge in [-0.05, 0) is 156 Å². The molecule has 0 spiro atoms. The number of carbonyl (C=O) groups excluding carboxylic acids is 1. The first-order chi connectivity index (χ1) is 21.9. The standard InChI is InChI=1S/C39H53NO2S.C3H6/c1-35(2)29(27-9-11-28(12-10-27)34(41)42-6)15-19-36(3)32(35)16-20-38(5)33(36)14-13-30-31-8-7-18-39(31,22-21-37(30,38)4)40-24-26-17-23-43-25-26;1-3-2/h9-12,15,17,23,25,30-33,40H,7-8,13-14,16,18-22,24H2,1-6H3;3H,1H2,2H3/t30?,31?,32?,33?,36?,37-,38?,39?;/m1./s1. The average molecular weight is 642 g/mol. The number of allylic oxidation sites excluding steroid dienone is 3. The van der Waals surface area contributed by atoms with Crippen LogP contribution in [0.2, 0.25) is 0 Å². The van der Waals surface area contributed by atoms with Crippen LogP contribution in [-0.2, 0) is 11.3 Å². The van der Waals surface area contributed by atoms with E-state index in [1.165, 1.54) is 88.0 Å². The van der Waals surface area contributed by atoms with Crippen LogP contribution in [0.3, 0.4) is 0 Å². The number of fused-ring (bicyclic) bond motifs is 7. The highest BCUT2D eigenvalue weighted by Gasteiger charge is 2.69. The number of methoxy groups -OCH3 is 1. The van der Waals surface area contributed by atoms with Crippen molar-refractivity contribution >= 4 is 22.9 Å². The summed E-state index contributed by atoms with van der Waals surface area (Å²) in [7, 11) is 1.45. The topological polar surface area (TPSA) is 38.3 Å². The van der Waals surface area contributed by atoms with Crippen LogP contribution in [0.15, 0.2) is 59.8 Å². The van der Waals surface area contributed by atoms with Crippen molar-refractivity contribution in [3.8, 4) is 0 Å². The van der Waals surface area contributed by atoms with Gasteiger partial charge in [0, 0.05) is 12.1 Å². The van der Waals surface area contributed by atoms with Crippen LogP contribution in [0.4, 0.5) is 0 Å². The minimum absolute atomic E-state index is 0.0949. The lowest BCUT2D eigenvalue weighted by Gasteiger charge is -2.72. The highest BCUT2D eigenvalue weighted by molar-refractivity contribution is 7.07. The van der Waals surface area contributed by atoms with Gasteiger partial charge in [0.1, 0.15) is 0 Å². The maximum absolute atomic E-state index is 12.1. The summed E-state index contributed by atoms with van der Waals surface area (Å²) in [6.07, 6.45) is 18.0. The van der Waals surface area contributed by atoms with Gasteiger partial charge in [0.2, 0.25) is 0 Å². The fourth-order valence-corrected chi connectivity index (χ4v) is 13.2. The molecule has 250 valence electrons. The molecule has 7 rings (SSSR count). The van der Waals surface area contributed by atoms with Crippen molar-refractivity contribution in [1.82, 2.24) is 5.32 Å². The highest BCUT2D eigenvalue weighted by Crippen LogP contribution is 2.76. The quantitative estimate of drug-likeness (QED) is 0.261. The SMILES string of the molecule is C=CC.COC(=O)c1ccc(C2=CCC3(C)C(CCC4(C)C3CCC3C5CCCC5(NCc5ccsc5)CC[C@]34C)C2(C)C)cc1. The number of benzene rings is 1. The lowest BCUT2D eigenvalue weighted by Crippen LogP contribution is -2.67. The molecule has 4 saturated carbocycles. The zero-order valence-electron chi connectivity index (χ0n) is 29.7. The van der Waals surface area contributed by atoms with Gasteiger partial charge < -0.3 is 10.1 Å². The van der Waals surface area contributed by atoms with E-state index in [1.807, 2.05) is 30.4 Å². The monoisotopic (exact) mass is 641 g/mol. The summed E-state index contributed by atoms with van der Waals surface area (Å²) in [4.78, 5) is 12.1. The normalized spacial score (nSPS) is 38.9. The van der Waals surface area contributed by atoms with E-state index in [0.717, 1.165) is 24.3 Å². The predicted molar refractivity (Wildman–Crippen MR) is 194 cm³/mol. The second-order valence-corrected chi connectivity index (χ2v) is 17.6. The van der Waals surface area contributed by atoms with E-state index in [9.17, 15) is 4.79 Å². The van der Waals surface area contributed by atoms with E-state index < -0.39 is 0 Å². The third-order valence-corrected chi connectivity index (χ3v) is 15.5. The Hall–Kier alpha value is -2.17. The maximum Gasteiger partial charge on any atom is 0.337 e. The second kappa shape index (κ2) is 12.4. The molecule has 46 heavy (non-hydrogen) atoms. The Bertz CT molecular complexity index is 1440. The molecule has 1 N–H and O–H groups in total. The number of hydrogen-bond donors (Lipinski definition) is 1. The third kappa shape index (κ3) is 5.11. The molecule has 5 aliphatic carbocycles. The molecular weight excluding hydrogens is 583 g/mol. The fraction of sp³-hybridized carbons (Fsp3) is 0.643. The van der Waals surface area contributed by atoms with Crippen LogP contribution in [0.25, 0.3) is 5.57 Å². The Morgan fingerprint density at radius 2 is 1.67 bits per heavy atom. The van der Waals surface area contributed by atoms with Gasteiger partial charge in [-0.2, -0.15) is 11.3 Å². The summed E-state index contributed by atoms with van der Waals surface area (Å²) in [6.45, 7) is 19.5. The lowest BCUT2D eigenvalue weighted by molar-refractivity contribution is -0.217. The summed E-state index contributed by atoms with van der Waals surface area (Å²) in [5.74, 6) is 2.85. The first-order valence-electron chi connectivity index (χ1n) is 18.1. The van der Waals surface area contributed by atoms with Gasteiger partial charge >= 0.3 is 5.97 Å². The second-order valence-electron chi connectivity index (χ2n) is 16.8. The first kappa shape index (κ1) is 33.7. The Balaban J connectivity index is 0.00000119. The number of ether oxygens (including phenoxy) is 1. The molecule has 0 aliphatic heterocycles. The zero-order chi connectivity index (χ0) is 33.0. The predicted octanol–water partition coefficient (Wildman–Crippen LogP) is 11.1. The van der Waals surface area contributed by atoms with Gasteiger partial charge in [-0.25, -0.2) is 4.79 Å². The fourth-order valence-electron chi connectivity index (χ4n) is 12.5. The largest absolute Gasteiger partial charge is 0.465 e. The van der Waals surface area contributed by atoms with E-state index in [2.05, 4.69) is 81.5 Å². The van der Waals surface area contributed by atoms with E-state index in [0.29, 0.717) is 33.3 Å².